The van der Waals surface area contributed by atoms with Gasteiger partial charge >= 0.3 is 23.1 Å². The second-order valence-electron chi connectivity index (χ2n) is 2.36. The van der Waals surface area contributed by atoms with E-state index in [1.807, 2.05) is 0 Å². The average Bonchev–Trinajstić information content (AvgIpc) is 2.12. The molecule has 0 heterocycles. The van der Waals surface area contributed by atoms with Crippen LogP contribution in [0.15, 0.2) is 0 Å². The first-order valence-electron chi connectivity index (χ1n) is 3.33. The third-order valence-corrected chi connectivity index (χ3v) is 1.42. The number of aliphatic hydroxyl groups excluding tert-OH is 5. The van der Waals surface area contributed by atoms with Gasteiger partial charge in [0.05, 0.1) is 6.61 Å². The van der Waals surface area contributed by atoms with E-state index in [2.05, 4.69) is 0 Å². The van der Waals surface area contributed by atoms with Crippen LogP contribution in [0, 0.1) is 0 Å². The Labute approximate surface area is 115 Å². The Kier molecular flexibility index (Phi) is 21.4. The second-order valence-corrected chi connectivity index (χ2v) is 2.36. The van der Waals surface area contributed by atoms with E-state index in [1.165, 1.54) is 0 Å². The number of aldehydes is 1. The Balaban J connectivity index is -0.000000202. The van der Waals surface area contributed by atoms with Gasteiger partial charge in [0.1, 0.15) is 24.4 Å². The van der Waals surface area contributed by atoms with E-state index in [4.69, 9.17) is 25.5 Å². The van der Waals surface area contributed by atoms with Gasteiger partial charge in [0.25, 0.3) is 0 Å². The van der Waals surface area contributed by atoms with Crippen molar-refractivity contribution in [2.45, 2.75) is 24.4 Å². The summed E-state index contributed by atoms with van der Waals surface area (Å²) in [5.74, 6) is 0. The Morgan fingerprint density at radius 1 is 1.00 bits per heavy atom. The maximum atomic E-state index is 9.90. The molecular formula is C6H12Cl2MgO6. The zero-order valence-electron chi connectivity index (χ0n) is 7.70. The van der Waals surface area contributed by atoms with Gasteiger partial charge in [-0.1, -0.05) is 0 Å². The summed E-state index contributed by atoms with van der Waals surface area (Å²) in [6.07, 6.45) is -6.84. The zero-order chi connectivity index (χ0) is 9.72. The summed E-state index contributed by atoms with van der Waals surface area (Å²) in [4.78, 5) is 9.90. The Morgan fingerprint density at radius 3 is 1.67 bits per heavy atom. The van der Waals surface area contributed by atoms with Gasteiger partial charge in [-0.3, -0.25) is 0 Å². The van der Waals surface area contributed by atoms with E-state index in [0.29, 0.717) is 0 Å². The monoisotopic (exact) mass is 274 g/mol. The van der Waals surface area contributed by atoms with Gasteiger partial charge in [0.2, 0.25) is 0 Å². The van der Waals surface area contributed by atoms with Gasteiger partial charge in [-0.25, -0.2) is 0 Å². The molecule has 0 aromatic carbocycles. The first-order valence-corrected chi connectivity index (χ1v) is 3.33. The summed E-state index contributed by atoms with van der Waals surface area (Å²) >= 11 is 0. The molecule has 0 aliphatic rings. The van der Waals surface area contributed by atoms with Crippen molar-refractivity contribution >= 4 is 29.3 Å². The number of carbonyl (C=O) groups excluding carboxylic acids is 1. The maximum absolute atomic E-state index is 9.90. The van der Waals surface area contributed by atoms with Crippen LogP contribution in [0.5, 0.6) is 0 Å². The average molecular weight is 275 g/mol. The quantitative estimate of drug-likeness (QED) is 0.251. The van der Waals surface area contributed by atoms with E-state index in [1.54, 1.807) is 0 Å². The molecule has 0 saturated carbocycles. The van der Waals surface area contributed by atoms with Gasteiger partial charge in [-0.05, 0) is 0 Å². The minimum absolute atomic E-state index is 0. The minimum Gasteiger partial charge on any atom is -1.00 e. The molecule has 4 unspecified atom stereocenters. The van der Waals surface area contributed by atoms with Gasteiger partial charge < -0.3 is 55.1 Å². The molecule has 0 aromatic heterocycles. The molecule has 0 aliphatic heterocycles. The zero-order valence-corrected chi connectivity index (χ0v) is 10.6. The first-order chi connectivity index (χ1) is 5.54. The maximum Gasteiger partial charge on any atom is 2.00 e. The van der Waals surface area contributed by atoms with Crippen LogP contribution in [0.3, 0.4) is 0 Å². The first kappa shape index (κ1) is 24.9. The fraction of sp³-hybridized carbons (Fsp3) is 0.833. The normalized spacial score (nSPS) is 16.9. The van der Waals surface area contributed by atoms with Crippen LogP contribution in [0.4, 0.5) is 0 Å². The van der Waals surface area contributed by atoms with Gasteiger partial charge in [0.15, 0.2) is 6.29 Å². The summed E-state index contributed by atoms with van der Waals surface area (Å²) < 4.78 is 0. The summed E-state index contributed by atoms with van der Waals surface area (Å²) in [7, 11) is 0. The molecule has 5 N–H and O–H groups in total. The number of hydrogen-bond acceptors (Lipinski definition) is 6. The molecule has 0 amide bonds. The number of halogens is 2. The van der Waals surface area contributed by atoms with Crippen LogP contribution in [-0.4, -0.2) is 85.9 Å². The third kappa shape index (κ3) is 8.61. The van der Waals surface area contributed by atoms with Gasteiger partial charge in [-0.2, -0.15) is 0 Å². The Bertz CT molecular complexity index is 152. The Morgan fingerprint density at radius 2 is 1.40 bits per heavy atom. The molecule has 0 radical (unpaired) electrons. The minimum atomic E-state index is -1.79. The molecule has 0 rings (SSSR count). The summed E-state index contributed by atoms with van der Waals surface area (Å²) in [5, 5.41) is 43.5. The predicted molar refractivity (Wildman–Crippen MR) is 42.9 cm³/mol. The summed E-state index contributed by atoms with van der Waals surface area (Å²) in [6, 6.07) is 0. The van der Waals surface area contributed by atoms with E-state index in [9.17, 15) is 4.79 Å². The molecule has 0 fully saturated rings. The van der Waals surface area contributed by atoms with Crippen LogP contribution in [0.25, 0.3) is 0 Å². The van der Waals surface area contributed by atoms with Crippen LogP contribution in [0.2, 0.25) is 0 Å². The number of hydrogen-bond donors (Lipinski definition) is 5. The van der Waals surface area contributed by atoms with E-state index < -0.39 is 31.0 Å². The number of aliphatic hydroxyl groups is 5. The van der Waals surface area contributed by atoms with Crippen molar-refractivity contribution < 1.29 is 55.1 Å². The molecule has 0 bridgehead atoms. The standard InChI is InChI=1S/C6H12O6.2ClH.Mg/c7-1-3(9)5(11)6(12)4(10)2-8;;;/h1,3-6,8-12H,2H2;2*1H;/q;;;+2/p-2. The Hall–Kier alpha value is 0.816. The smallest absolute Gasteiger partial charge is 1.00 e. The van der Waals surface area contributed by atoms with Crippen LogP contribution in [0.1, 0.15) is 0 Å². The summed E-state index contributed by atoms with van der Waals surface area (Å²) in [6.45, 7) is -0.760. The van der Waals surface area contributed by atoms with Crippen molar-refractivity contribution in [3.05, 3.63) is 0 Å². The molecule has 0 saturated heterocycles. The van der Waals surface area contributed by atoms with Crippen molar-refractivity contribution in [1.29, 1.82) is 0 Å². The van der Waals surface area contributed by atoms with Crippen LogP contribution < -0.4 is 24.8 Å². The molecule has 0 spiro atoms. The molecule has 0 aromatic rings. The van der Waals surface area contributed by atoms with Crippen molar-refractivity contribution in [2.24, 2.45) is 0 Å². The number of carbonyl (C=O) groups is 1. The molecule has 15 heavy (non-hydrogen) atoms. The van der Waals surface area contributed by atoms with Crippen molar-refractivity contribution in [3.8, 4) is 0 Å². The second kappa shape index (κ2) is 12.9. The summed E-state index contributed by atoms with van der Waals surface area (Å²) in [5.41, 5.74) is 0. The molecule has 6 nitrogen and oxygen atoms in total. The van der Waals surface area contributed by atoms with Crippen molar-refractivity contribution in [1.82, 2.24) is 0 Å². The van der Waals surface area contributed by atoms with Crippen LogP contribution in [-0.2, 0) is 4.79 Å². The molecule has 88 valence electrons. The van der Waals surface area contributed by atoms with Crippen LogP contribution >= 0.6 is 0 Å². The molecular weight excluding hydrogens is 263 g/mol. The molecule has 0 aliphatic carbocycles. The molecule has 9 heteroatoms. The predicted octanol–water partition coefficient (Wildman–Crippen LogP) is -9.75. The topological polar surface area (TPSA) is 118 Å². The largest absolute Gasteiger partial charge is 2.00 e. The molecule has 4 atom stereocenters. The van der Waals surface area contributed by atoms with E-state index in [-0.39, 0.29) is 54.2 Å². The van der Waals surface area contributed by atoms with E-state index >= 15 is 0 Å². The van der Waals surface area contributed by atoms with Crippen molar-refractivity contribution in [2.75, 3.05) is 6.61 Å². The third-order valence-electron chi connectivity index (χ3n) is 1.42. The van der Waals surface area contributed by atoms with Crippen molar-refractivity contribution in [3.63, 3.8) is 0 Å². The van der Waals surface area contributed by atoms with Gasteiger partial charge in [0, 0.05) is 0 Å². The SMILES string of the molecule is O=CC(O)C(O)C(O)C(O)CO.[Cl-].[Cl-].[Mg+2]. The van der Waals surface area contributed by atoms with Gasteiger partial charge in [-0.15, -0.1) is 0 Å². The van der Waals surface area contributed by atoms with E-state index in [0.717, 1.165) is 0 Å². The fourth-order valence-electron chi connectivity index (χ4n) is 0.618. The number of rotatable bonds is 5. The fourth-order valence-corrected chi connectivity index (χ4v) is 0.618.